The number of hydrogen-bond donors (Lipinski definition) is 0. The Bertz CT molecular complexity index is 1180. The van der Waals surface area contributed by atoms with Crippen LogP contribution in [0.1, 0.15) is 61.0 Å². The van der Waals surface area contributed by atoms with Gasteiger partial charge in [-0.3, -0.25) is 4.79 Å². The molecule has 3 aromatic carbocycles. The van der Waals surface area contributed by atoms with Crippen molar-refractivity contribution < 1.29 is 26.3 Å². The predicted octanol–water partition coefficient (Wildman–Crippen LogP) is 3.05. The van der Waals surface area contributed by atoms with E-state index in [-0.39, 0.29) is 22.8 Å². The van der Waals surface area contributed by atoms with E-state index >= 15 is 0 Å². The van der Waals surface area contributed by atoms with Crippen LogP contribution < -0.4 is 21.5 Å². The molecule has 0 saturated heterocycles. The predicted molar refractivity (Wildman–Crippen MR) is 122 cm³/mol. The molecule has 4 heteroatoms. The van der Waals surface area contributed by atoms with Gasteiger partial charge in [-0.2, -0.15) is 0 Å². The number of carbonyl (C=O) groups excluding carboxylic acids is 1. The van der Waals surface area contributed by atoms with Gasteiger partial charge in [0.05, 0.1) is 0 Å². The molecule has 0 atom stereocenters. The van der Waals surface area contributed by atoms with Gasteiger partial charge in [-0.05, 0) is 28.7 Å². The van der Waals surface area contributed by atoms with Crippen molar-refractivity contribution in [1.29, 1.82) is 0 Å². The lowest BCUT2D eigenvalue weighted by Gasteiger charge is -2.16. The Morgan fingerprint density at radius 3 is 2.16 bits per heavy atom. The van der Waals surface area contributed by atoms with Gasteiger partial charge < -0.3 is 17.0 Å². The van der Waals surface area contributed by atoms with Crippen LogP contribution in [0.15, 0.2) is 79.4 Å². The number of aromatic nitrogens is 2. The maximum atomic E-state index is 12.9. The number of ketones is 1. The van der Waals surface area contributed by atoms with Crippen LogP contribution in [0.5, 0.6) is 0 Å². The van der Waals surface area contributed by atoms with E-state index in [1.807, 2.05) is 53.5 Å². The number of carbonyl (C=O) groups is 1. The van der Waals surface area contributed by atoms with Gasteiger partial charge in [0.1, 0.15) is 18.1 Å². The third-order valence-electron chi connectivity index (χ3n) is 5.69. The van der Waals surface area contributed by atoms with E-state index in [9.17, 15) is 4.79 Å². The highest BCUT2D eigenvalue weighted by atomic mass is 79.9. The van der Waals surface area contributed by atoms with Crippen LogP contribution in [-0.2, 0) is 6.54 Å². The largest absolute Gasteiger partial charge is 1.00 e. The quantitative estimate of drug-likeness (QED) is 0.310. The summed E-state index contributed by atoms with van der Waals surface area (Å²) in [6, 6.07) is 20.6. The minimum Gasteiger partial charge on any atom is -1.00 e. The molecule has 0 N–H and O–H groups in total. The van der Waals surface area contributed by atoms with Crippen LogP contribution >= 0.6 is 0 Å². The molecule has 0 spiro atoms. The summed E-state index contributed by atoms with van der Waals surface area (Å²) >= 11 is 0. The summed E-state index contributed by atoms with van der Waals surface area (Å²) in [5, 5.41) is 2.25. The van der Waals surface area contributed by atoms with E-state index < -0.39 is 0 Å². The highest BCUT2D eigenvalue weighted by Gasteiger charge is 2.20. The first-order valence-electron chi connectivity index (χ1n) is 10.7. The highest BCUT2D eigenvalue weighted by Crippen LogP contribution is 2.30. The molecule has 0 amide bonds. The molecule has 1 aromatic heterocycles. The van der Waals surface area contributed by atoms with Crippen molar-refractivity contribution in [2.24, 2.45) is 0 Å². The highest BCUT2D eigenvalue weighted by molar-refractivity contribution is 5.99. The molecule has 0 fully saturated rings. The molecule has 0 bridgehead atoms. The fraction of sp³-hybridized carbons (Fsp3) is 0.259. The van der Waals surface area contributed by atoms with Gasteiger partial charge in [-0.15, -0.1) is 0 Å². The average molecular weight is 477 g/mol. The van der Waals surface area contributed by atoms with Crippen molar-refractivity contribution in [2.45, 2.75) is 46.1 Å². The molecule has 0 aliphatic rings. The number of Topliss-reactive ketones (excluding diaryl/α,β-unsaturated/α-hetero) is 1. The number of benzene rings is 3. The summed E-state index contributed by atoms with van der Waals surface area (Å²) in [4.78, 5) is 12.9. The summed E-state index contributed by atoms with van der Waals surface area (Å²) in [7, 11) is 0. The van der Waals surface area contributed by atoms with Gasteiger partial charge in [0.15, 0.2) is 6.54 Å². The first kappa shape index (κ1) is 23.0. The monoisotopic (exact) mass is 476 g/mol. The smallest absolute Gasteiger partial charge is 0.249 e. The first-order chi connectivity index (χ1) is 14.4. The third-order valence-corrected chi connectivity index (χ3v) is 5.69. The minimum atomic E-state index is 0. The van der Waals surface area contributed by atoms with Gasteiger partial charge in [0.25, 0.3) is 0 Å². The maximum Gasteiger partial charge on any atom is 0.249 e. The van der Waals surface area contributed by atoms with Crippen LogP contribution in [0.25, 0.3) is 16.5 Å². The van der Waals surface area contributed by atoms with E-state index in [0.717, 1.165) is 16.3 Å². The number of hydrogen-bond acceptors (Lipinski definition) is 1. The Labute approximate surface area is 195 Å². The van der Waals surface area contributed by atoms with Crippen molar-refractivity contribution in [2.75, 3.05) is 0 Å². The molecular weight excluding hydrogens is 448 g/mol. The van der Waals surface area contributed by atoms with Crippen molar-refractivity contribution >= 4 is 16.6 Å². The van der Waals surface area contributed by atoms with Gasteiger partial charge in [-0.1, -0.05) is 82.3 Å². The summed E-state index contributed by atoms with van der Waals surface area (Å²) in [5.41, 5.74) is 4.63. The van der Waals surface area contributed by atoms with Crippen LogP contribution in [-0.4, -0.2) is 10.4 Å². The molecule has 0 radical (unpaired) electrons. The zero-order chi connectivity index (χ0) is 21.3. The molecule has 0 aliphatic heterocycles. The van der Waals surface area contributed by atoms with Crippen molar-refractivity contribution in [3.05, 3.63) is 96.1 Å². The Morgan fingerprint density at radius 1 is 0.871 bits per heavy atom. The summed E-state index contributed by atoms with van der Waals surface area (Å²) in [5.74, 6) is 0.965. The van der Waals surface area contributed by atoms with E-state index in [1.165, 1.54) is 16.8 Å². The molecular formula is C27H29BrN2O. The Balaban J connectivity index is 0.00000272. The topological polar surface area (TPSA) is 25.9 Å². The van der Waals surface area contributed by atoms with E-state index in [0.29, 0.717) is 18.4 Å². The molecule has 0 aliphatic carbocycles. The molecule has 4 rings (SSSR count). The fourth-order valence-electron chi connectivity index (χ4n) is 4.05. The molecule has 1 heterocycles. The maximum absolute atomic E-state index is 12.9. The number of halogens is 1. The SMILES string of the molecule is CC(C)c1cccc(C(C)C)c1-n1cc[n+](CC(=O)c2ccc3ccccc3c2)c1.[Br-]. The molecule has 4 aromatic rings. The van der Waals surface area contributed by atoms with E-state index in [2.05, 4.69) is 62.7 Å². The molecule has 31 heavy (non-hydrogen) atoms. The number of rotatable bonds is 6. The Kier molecular flexibility index (Phi) is 7.11. The second-order valence-electron chi connectivity index (χ2n) is 8.57. The van der Waals surface area contributed by atoms with Gasteiger partial charge >= 0.3 is 0 Å². The Morgan fingerprint density at radius 2 is 1.52 bits per heavy atom. The molecule has 0 saturated carbocycles. The lowest BCUT2D eigenvalue weighted by molar-refractivity contribution is -0.682. The summed E-state index contributed by atoms with van der Waals surface area (Å²) < 4.78 is 4.14. The zero-order valence-electron chi connectivity index (χ0n) is 18.5. The number of fused-ring (bicyclic) bond motifs is 1. The van der Waals surface area contributed by atoms with Crippen LogP contribution in [0, 0.1) is 0 Å². The van der Waals surface area contributed by atoms with Crippen molar-refractivity contribution in [3.8, 4) is 5.69 Å². The van der Waals surface area contributed by atoms with Gasteiger partial charge in [0.2, 0.25) is 12.1 Å². The average Bonchev–Trinajstić information content (AvgIpc) is 3.20. The second kappa shape index (κ2) is 9.61. The zero-order valence-corrected chi connectivity index (χ0v) is 20.1. The fourth-order valence-corrected chi connectivity index (χ4v) is 4.05. The molecule has 0 unspecified atom stereocenters. The third kappa shape index (κ3) is 4.80. The van der Waals surface area contributed by atoms with Crippen LogP contribution in [0.3, 0.4) is 0 Å². The molecule has 3 nitrogen and oxygen atoms in total. The minimum absolute atomic E-state index is 0. The van der Waals surface area contributed by atoms with Crippen LogP contribution in [0.2, 0.25) is 0 Å². The molecule has 160 valence electrons. The first-order valence-corrected chi connectivity index (χ1v) is 10.7. The van der Waals surface area contributed by atoms with Gasteiger partial charge in [0, 0.05) is 16.7 Å². The van der Waals surface area contributed by atoms with Gasteiger partial charge in [-0.25, -0.2) is 9.13 Å². The number of imidazole rings is 1. The number of nitrogens with zero attached hydrogens (tertiary/aromatic N) is 2. The summed E-state index contributed by atoms with van der Waals surface area (Å²) in [6.45, 7) is 9.23. The second-order valence-corrected chi connectivity index (χ2v) is 8.57. The Hall–Kier alpha value is -2.72. The van der Waals surface area contributed by atoms with Crippen LogP contribution in [0.4, 0.5) is 0 Å². The van der Waals surface area contributed by atoms with E-state index in [1.54, 1.807) is 0 Å². The summed E-state index contributed by atoms with van der Waals surface area (Å²) in [6.07, 6.45) is 6.08. The number of para-hydroxylation sites is 1. The van der Waals surface area contributed by atoms with E-state index in [4.69, 9.17) is 0 Å². The lowest BCUT2D eigenvalue weighted by atomic mass is 9.92. The normalized spacial score (nSPS) is 11.2. The van der Waals surface area contributed by atoms with Crippen molar-refractivity contribution in [1.82, 2.24) is 4.57 Å². The standard InChI is InChI=1S/C27H29N2O.BrH/c1-19(2)24-10-7-11-25(20(3)4)27(24)29-15-14-28(18-29)17-26(30)23-13-12-21-8-5-6-9-22(21)16-23;/h5-16,18-20H,17H2,1-4H3;1H/q+1;/p-1. The van der Waals surface area contributed by atoms with Crippen molar-refractivity contribution in [3.63, 3.8) is 0 Å². The lowest BCUT2D eigenvalue weighted by Crippen LogP contribution is -3.00.